The number of hydrogen-bond acceptors (Lipinski definition) is 6. The number of nitrogen functional groups attached to an aromatic ring is 1. The molecule has 3 rings (SSSR count). The molecule has 2 aromatic carbocycles. The Kier molecular flexibility index (Phi) is 4.75. The van der Waals surface area contributed by atoms with Gasteiger partial charge in [0.25, 0.3) is 11.6 Å². The number of hydrazone groups is 1. The highest BCUT2D eigenvalue weighted by atomic mass is 16.6. The van der Waals surface area contributed by atoms with Crippen LogP contribution in [0.1, 0.15) is 16.1 Å². The van der Waals surface area contributed by atoms with Gasteiger partial charge in [0.2, 0.25) is 0 Å². The lowest BCUT2D eigenvalue weighted by Gasteiger charge is -2.02. The minimum Gasteiger partial charge on any atom is -0.455 e. The first-order valence-electron chi connectivity index (χ1n) is 7.57. The fourth-order valence-corrected chi connectivity index (χ4v) is 2.24. The molecular weight excluding hydrogens is 336 g/mol. The molecule has 3 aromatic rings. The molecule has 0 saturated heterocycles. The lowest BCUT2D eigenvalue weighted by atomic mass is 10.1. The number of hydrogen-bond donors (Lipinski definition) is 2. The molecule has 0 radical (unpaired) electrons. The third-order valence-corrected chi connectivity index (χ3v) is 3.55. The van der Waals surface area contributed by atoms with Crippen molar-refractivity contribution in [3.8, 4) is 11.3 Å². The van der Waals surface area contributed by atoms with E-state index in [2.05, 4.69) is 10.5 Å². The summed E-state index contributed by atoms with van der Waals surface area (Å²) in [4.78, 5) is 22.2. The Morgan fingerprint density at radius 3 is 2.54 bits per heavy atom. The van der Waals surface area contributed by atoms with Crippen LogP contribution < -0.4 is 11.2 Å². The fraction of sp³-hybridized carbons (Fsp3) is 0. The van der Waals surface area contributed by atoms with Gasteiger partial charge < -0.3 is 10.2 Å². The number of nitrogens with zero attached hydrogens (tertiary/aromatic N) is 2. The zero-order chi connectivity index (χ0) is 18.5. The SMILES string of the molecule is Nc1ccccc1C(=O)NN=Cc1ccc(-c2ccc([N+](=O)[O-])cc2)o1. The van der Waals surface area contributed by atoms with Gasteiger partial charge in [-0.3, -0.25) is 14.9 Å². The Bertz CT molecular complexity index is 977. The van der Waals surface area contributed by atoms with E-state index in [1.807, 2.05) is 0 Å². The van der Waals surface area contributed by atoms with Gasteiger partial charge in [0, 0.05) is 23.4 Å². The van der Waals surface area contributed by atoms with Crippen LogP contribution in [0.4, 0.5) is 11.4 Å². The second kappa shape index (κ2) is 7.31. The van der Waals surface area contributed by atoms with Crippen LogP contribution in [0.5, 0.6) is 0 Å². The molecule has 1 heterocycles. The van der Waals surface area contributed by atoms with Gasteiger partial charge in [-0.25, -0.2) is 5.43 Å². The van der Waals surface area contributed by atoms with Crippen molar-refractivity contribution in [3.63, 3.8) is 0 Å². The highest BCUT2D eigenvalue weighted by Gasteiger charge is 2.09. The highest BCUT2D eigenvalue weighted by molar-refractivity contribution is 5.99. The number of nitro benzene ring substituents is 1. The third-order valence-electron chi connectivity index (χ3n) is 3.55. The van der Waals surface area contributed by atoms with Gasteiger partial charge >= 0.3 is 0 Å². The molecule has 0 aliphatic heterocycles. The standard InChI is InChI=1S/C18H14N4O4/c19-16-4-2-1-3-15(16)18(23)21-20-11-14-9-10-17(26-14)12-5-7-13(8-6-12)22(24)25/h1-11H,19H2,(H,21,23). The van der Waals surface area contributed by atoms with E-state index >= 15 is 0 Å². The molecule has 0 unspecified atom stereocenters. The quantitative estimate of drug-likeness (QED) is 0.316. The summed E-state index contributed by atoms with van der Waals surface area (Å²) in [6.07, 6.45) is 1.35. The van der Waals surface area contributed by atoms with Crippen molar-refractivity contribution < 1.29 is 14.1 Å². The van der Waals surface area contributed by atoms with Gasteiger partial charge in [0.1, 0.15) is 11.5 Å². The van der Waals surface area contributed by atoms with Crippen molar-refractivity contribution in [2.75, 3.05) is 5.73 Å². The molecule has 8 nitrogen and oxygen atoms in total. The van der Waals surface area contributed by atoms with E-state index in [4.69, 9.17) is 10.2 Å². The minimum atomic E-state index is -0.466. The molecule has 0 bridgehead atoms. The Hall–Kier alpha value is -3.94. The van der Waals surface area contributed by atoms with Crippen molar-refractivity contribution in [2.45, 2.75) is 0 Å². The van der Waals surface area contributed by atoms with E-state index in [0.29, 0.717) is 28.3 Å². The third kappa shape index (κ3) is 3.75. The Balaban J connectivity index is 1.66. The molecule has 1 aromatic heterocycles. The molecule has 8 heteroatoms. The predicted molar refractivity (Wildman–Crippen MR) is 96.7 cm³/mol. The van der Waals surface area contributed by atoms with E-state index in [9.17, 15) is 14.9 Å². The van der Waals surface area contributed by atoms with Crippen molar-refractivity contribution in [1.29, 1.82) is 0 Å². The van der Waals surface area contributed by atoms with Crippen LogP contribution >= 0.6 is 0 Å². The van der Waals surface area contributed by atoms with E-state index < -0.39 is 10.8 Å². The monoisotopic (exact) mass is 350 g/mol. The number of benzene rings is 2. The van der Waals surface area contributed by atoms with Crippen molar-refractivity contribution in [2.24, 2.45) is 5.10 Å². The van der Waals surface area contributed by atoms with Crippen LogP contribution in [0.3, 0.4) is 0 Å². The maximum atomic E-state index is 12.0. The summed E-state index contributed by atoms with van der Waals surface area (Å²) in [7, 11) is 0. The van der Waals surface area contributed by atoms with E-state index in [1.165, 1.54) is 18.3 Å². The van der Waals surface area contributed by atoms with Gasteiger partial charge in [0.05, 0.1) is 16.7 Å². The number of nitro groups is 1. The molecular formula is C18H14N4O4. The van der Waals surface area contributed by atoms with Crippen LogP contribution in [-0.2, 0) is 0 Å². The molecule has 130 valence electrons. The van der Waals surface area contributed by atoms with Gasteiger partial charge in [-0.1, -0.05) is 12.1 Å². The number of anilines is 1. The lowest BCUT2D eigenvalue weighted by molar-refractivity contribution is -0.384. The second-order valence-corrected chi connectivity index (χ2v) is 5.29. The average Bonchev–Trinajstić information content (AvgIpc) is 3.11. The van der Waals surface area contributed by atoms with E-state index in [1.54, 1.807) is 48.5 Å². The van der Waals surface area contributed by atoms with E-state index in [-0.39, 0.29) is 5.69 Å². The van der Waals surface area contributed by atoms with Crippen LogP contribution in [0, 0.1) is 10.1 Å². The average molecular weight is 350 g/mol. The fourth-order valence-electron chi connectivity index (χ4n) is 2.24. The molecule has 1 amide bonds. The first kappa shape index (κ1) is 16.9. The number of rotatable bonds is 5. The van der Waals surface area contributed by atoms with Crippen LogP contribution in [-0.4, -0.2) is 17.0 Å². The smallest absolute Gasteiger partial charge is 0.273 e. The zero-order valence-corrected chi connectivity index (χ0v) is 13.5. The first-order valence-corrected chi connectivity index (χ1v) is 7.57. The van der Waals surface area contributed by atoms with Gasteiger partial charge in [-0.15, -0.1) is 0 Å². The Morgan fingerprint density at radius 1 is 1.12 bits per heavy atom. The number of carbonyl (C=O) groups is 1. The molecule has 0 aliphatic rings. The van der Waals surface area contributed by atoms with Gasteiger partial charge in [-0.2, -0.15) is 5.10 Å². The lowest BCUT2D eigenvalue weighted by Crippen LogP contribution is -2.18. The summed E-state index contributed by atoms with van der Waals surface area (Å²) >= 11 is 0. The zero-order valence-electron chi connectivity index (χ0n) is 13.5. The summed E-state index contributed by atoms with van der Waals surface area (Å²) in [6.45, 7) is 0. The molecule has 0 saturated carbocycles. The van der Waals surface area contributed by atoms with Gasteiger partial charge in [0.15, 0.2) is 0 Å². The summed E-state index contributed by atoms with van der Waals surface area (Å²) in [5.41, 5.74) is 9.49. The molecule has 3 N–H and O–H groups in total. The molecule has 0 spiro atoms. The van der Waals surface area contributed by atoms with Crippen LogP contribution in [0.2, 0.25) is 0 Å². The topological polar surface area (TPSA) is 124 Å². The van der Waals surface area contributed by atoms with Crippen molar-refractivity contribution >= 4 is 23.5 Å². The summed E-state index contributed by atoms with van der Waals surface area (Å²) in [6, 6.07) is 16.0. The Morgan fingerprint density at radius 2 is 1.85 bits per heavy atom. The normalized spacial score (nSPS) is 10.8. The Labute approximate surface area is 148 Å². The second-order valence-electron chi connectivity index (χ2n) is 5.29. The van der Waals surface area contributed by atoms with Crippen LogP contribution in [0.15, 0.2) is 70.2 Å². The number of furan rings is 1. The first-order chi connectivity index (χ1) is 12.5. The molecule has 26 heavy (non-hydrogen) atoms. The number of carbonyl (C=O) groups excluding carboxylic acids is 1. The number of nitrogens with one attached hydrogen (secondary N) is 1. The maximum Gasteiger partial charge on any atom is 0.273 e. The summed E-state index contributed by atoms with van der Waals surface area (Å²) < 4.78 is 5.59. The number of non-ortho nitro benzene ring substituents is 1. The molecule has 0 aliphatic carbocycles. The largest absolute Gasteiger partial charge is 0.455 e. The minimum absolute atomic E-state index is 0.00462. The summed E-state index contributed by atoms with van der Waals surface area (Å²) in [5, 5.41) is 14.5. The van der Waals surface area contributed by atoms with Gasteiger partial charge in [-0.05, 0) is 36.4 Å². The highest BCUT2D eigenvalue weighted by Crippen LogP contribution is 2.24. The molecule has 0 fully saturated rings. The predicted octanol–water partition coefficient (Wildman–Crippen LogP) is 3.20. The van der Waals surface area contributed by atoms with Crippen molar-refractivity contribution in [1.82, 2.24) is 5.43 Å². The van der Waals surface area contributed by atoms with E-state index in [0.717, 1.165) is 0 Å². The number of amides is 1. The van der Waals surface area contributed by atoms with Crippen LogP contribution in [0.25, 0.3) is 11.3 Å². The maximum absolute atomic E-state index is 12.0. The molecule has 0 atom stereocenters. The summed E-state index contributed by atoms with van der Waals surface area (Å²) in [5.74, 6) is 0.515. The number of para-hydroxylation sites is 1. The number of nitrogens with two attached hydrogens (primary N) is 1. The van der Waals surface area contributed by atoms with Crippen molar-refractivity contribution in [3.05, 3.63) is 82.1 Å².